The van der Waals surface area contributed by atoms with Gasteiger partial charge >= 0.3 is 6.29 Å². The van der Waals surface area contributed by atoms with Crippen molar-refractivity contribution < 1.29 is 28.5 Å². The average Bonchev–Trinajstić information content (AvgIpc) is 2.57. The van der Waals surface area contributed by atoms with E-state index in [9.17, 15) is 13.6 Å². The van der Waals surface area contributed by atoms with Crippen LogP contribution in [0.5, 0.6) is 11.5 Å². The molecule has 6 heteroatoms. The van der Waals surface area contributed by atoms with E-state index in [1.165, 1.54) is 0 Å². The summed E-state index contributed by atoms with van der Waals surface area (Å²) in [6.45, 7) is 0. The monoisotopic (exact) mass is 264 g/mol. The molecule has 0 saturated heterocycles. The van der Waals surface area contributed by atoms with Crippen LogP contribution in [0.25, 0.3) is 0 Å². The highest BCUT2D eigenvalue weighted by Gasteiger charge is 2.52. The van der Waals surface area contributed by atoms with Crippen LogP contribution in [0.1, 0.15) is 23.8 Å². The second-order valence-corrected chi connectivity index (χ2v) is 3.95. The summed E-state index contributed by atoms with van der Waals surface area (Å²) in [6.07, 6.45) is -8.98. The predicted molar refractivity (Wildman–Crippen MR) is 54.4 cm³/mol. The zero-order chi connectivity index (χ0) is 15.8. The van der Waals surface area contributed by atoms with Gasteiger partial charge in [0, 0.05) is 5.48 Å². The molecule has 1 fully saturated rings. The first-order valence-electron chi connectivity index (χ1n) is 6.58. The summed E-state index contributed by atoms with van der Waals surface area (Å²) in [5.41, 5.74) is -2.45. The summed E-state index contributed by atoms with van der Waals surface area (Å²) < 4.78 is 65.0. The fraction of sp³-hybridized carbons (Fsp3) is 0.364. The molecule has 0 radical (unpaired) electrons. The predicted octanol–water partition coefficient (Wildman–Crippen LogP) is 2.81. The molecule has 1 heterocycles. The Labute approximate surface area is 106 Å². The molecule has 0 aromatic heterocycles. The van der Waals surface area contributed by atoms with Crippen LogP contribution in [-0.4, -0.2) is 11.5 Å². The van der Waals surface area contributed by atoms with Crippen LogP contribution in [0.2, 0.25) is 0 Å². The van der Waals surface area contributed by atoms with Crippen molar-refractivity contribution in [1.82, 2.24) is 0 Å². The molecule has 0 atom stereocenters. The lowest BCUT2D eigenvalue weighted by molar-refractivity contribution is -0.286. The number of benzene rings is 1. The van der Waals surface area contributed by atoms with Gasteiger partial charge in [0.25, 0.3) is 0 Å². The van der Waals surface area contributed by atoms with E-state index in [4.69, 9.17) is 17.1 Å². The highest BCUT2D eigenvalue weighted by Crippen LogP contribution is 2.52. The smallest absolute Gasteiger partial charge is 0.395 e. The van der Waals surface area contributed by atoms with Crippen LogP contribution in [0.3, 0.4) is 0 Å². The minimum Gasteiger partial charge on any atom is -0.395 e. The Morgan fingerprint density at radius 1 is 1.35 bits per heavy atom. The number of fused-ring (bicyclic) bond motifs is 1. The van der Waals surface area contributed by atoms with Crippen LogP contribution < -0.4 is 9.47 Å². The molecule has 2 aliphatic rings. The van der Waals surface area contributed by atoms with Crippen molar-refractivity contribution in [3.05, 3.63) is 23.8 Å². The molecule has 1 aromatic carbocycles. The van der Waals surface area contributed by atoms with E-state index < -0.39 is 35.4 Å². The normalized spacial score (nSPS) is 31.7. The van der Waals surface area contributed by atoms with Gasteiger partial charge in [-0.05, 0) is 42.0 Å². The van der Waals surface area contributed by atoms with Gasteiger partial charge in [-0.3, -0.25) is 4.79 Å². The van der Waals surface area contributed by atoms with Gasteiger partial charge in [-0.25, -0.2) is 0 Å². The first kappa shape index (κ1) is 7.16. The average molecular weight is 265 g/mol. The Hall–Kier alpha value is -1.36. The molecular formula is C11H7ClF2O3. The van der Waals surface area contributed by atoms with Crippen molar-refractivity contribution in [3.8, 4) is 11.5 Å². The van der Waals surface area contributed by atoms with Gasteiger partial charge in [-0.1, -0.05) is 6.07 Å². The molecule has 0 amide bonds. The third kappa shape index (κ3) is 1.57. The number of carbonyl (C=O) groups excluding carboxylic acids is 1. The van der Waals surface area contributed by atoms with Gasteiger partial charge in [0.05, 0.1) is 5.41 Å². The Bertz CT molecular complexity index is 651. The third-order valence-corrected chi connectivity index (χ3v) is 2.79. The SMILES string of the molecule is [2H]C1([2H])C([2H])([2H])C1(C(=O)Cl)c1ccc2c(c1)OC(F)(F)O2. The van der Waals surface area contributed by atoms with E-state index in [-0.39, 0.29) is 11.3 Å². The van der Waals surface area contributed by atoms with Crippen LogP contribution >= 0.6 is 11.6 Å². The maximum atomic E-state index is 13.0. The first-order chi connectivity index (χ1) is 9.47. The summed E-state index contributed by atoms with van der Waals surface area (Å²) in [7, 11) is 0. The maximum Gasteiger partial charge on any atom is 0.586 e. The van der Waals surface area contributed by atoms with Gasteiger partial charge in [0.1, 0.15) is 0 Å². The summed E-state index contributed by atoms with van der Waals surface area (Å²) in [5.74, 6) is -0.698. The molecule has 0 spiro atoms. The Kier molecular flexibility index (Phi) is 1.31. The van der Waals surface area contributed by atoms with Crippen molar-refractivity contribution in [2.45, 2.75) is 24.5 Å². The fourth-order valence-corrected chi connectivity index (χ4v) is 1.80. The number of hydrogen-bond donors (Lipinski definition) is 0. The number of rotatable bonds is 2. The second-order valence-electron chi connectivity index (χ2n) is 3.60. The molecule has 90 valence electrons. The first-order valence-corrected chi connectivity index (χ1v) is 4.95. The number of halogens is 3. The molecular weight excluding hydrogens is 254 g/mol. The maximum absolute atomic E-state index is 13.0. The van der Waals surface area contributed by atoms with Gasteiger partial charge in [0.15, 0.2) is 11.5 Å². The molecule has 1 aliphatic heterocycles. The number of carbonyl (C=O) groups is 1. The van der Waals surface area contributed by atoms with Crippen molar-refractivity contribution in [3.63, 3.8) is 0 Å². The summed E-state index contributed by atoms with van der Waals surface area (Å²) in [5, 5.41) is -1.25. The number of ether oxygens (including phenoxy) is 2. The molecule has 17 heavy (non-hydrogen) atoms. The molecule has 1 aliphatic carbocycles. The fourth-order valence-electron chi connectivity index (χ4n) is 1.60. The van der Waals surface area contributed by atoms with Crippen molar-refractivity contribution in [2.24, 2.45) is 0 Å². The largest absolute Gasteiger partial charge is 0.586 e. The van der Waals surface area contributed by atoms with Crippen LogP contribution in [0.15, 0.2) is 18.2 Å². The van der Waals surface area contributed by atoms with E-state index >= 15 is 0 Å². The zero-order valence-electron chi connectivity index (χ0n) is 12.1. The summed E-state index contributed by atoms with van der Waals surface area (Å²) in [4.78, 5) is 11.7. The Morgan fingerprint density at radius 2 is 2.00 bits per heavy atom. The van der Waals surface area contributed by atoms with Crippen molar-refractivity contribution in [2.75, 3.05) is 0 Å². The zero-order valence-corrected chi connectivity index (χ0v) is 8.85. The second kappa shape index (κ2) is 3.10. The lowest BCUT2D eigenvalue weighted by atomic mass is 9.97. The number of alkyl halides is 2. The Balaban J connectivity index is 2.13. The minimum absolute atomic E-state index is 0.183. The molecule has 1 saturated carbocycles. The van der Waals surface area contributed by atoms with Crippen molar-refractivity contribution >= 4 is 16.8 Å². The Morgan fingerprint density at radius 3 is 2.59 bits per heavy atom. The van der Waals surface area contributed by atoms with Gasteiger partial charge < -0.3 is 9.47 Å². The van der Waals surface area contributed by atoms with E-state index in [1.807, 2.05) is 0 Å². The van der Waals surface area contributed by atoms with Crippen LogP contribution in [0.4, 0.5) is 8.78 Å². The van der Waals surface area contributed by atoms with Crippen LogP contribution in [-0.2, 0) is 10.2 Å². The van der Waals surface area contributed by atoms with Crippen molar-refractivity contribution in [1.29, 1.82) is 0 Å². The molecule has 0 unspecified atom stereocenters. The molecule has 3 nitrogen and oxygen atoms in total. The lowest BCUT2D eigenvalue weighted by Gasteiger charge is -2.10. The highest BCUT2D eigenvalue weighted by atomic mass is 35.5. The minimum atomic E-state index is -3.86. The van der Waals surface area contributed by atoms with E-state index in [1.54, 1.807) is 0 Å². The number of hydrogen-bond acceptors (Lipinski definition) is 3. The molecule has 1 aromatic rings. The summed E-state index contributed by atoms with van der Waals surface area (Å²) in [6, 6.07) is 3.11. The standard InChI is InChI=1S/C11H7ClF2O3/c12-9(15)10(3-4-10)6-1-2-7-8(5-6)17-11(13,14)16-7/h1-2,5H,3-4H2/i3D2,4D2. The van der Waals surface area contributed by atoms with E-state index in [2.05, 4.69) is 9.47 Å². The van der Waals surface area contributed by atoms with E-state index in [0.717, 1.165) is 18.2 Å². The quantitative estimate of drug-likeness (QED) is 0.771. The third-order valence-electron chi connectivity index (χ3n) is 2.50. The summed E-state index contributed by atoms with van der Waals surface area (Å²) >= 11 is 5.40. The lowest BCUT2D eigenvalue weighted by Crippen LogP contribution is -2.26. The van der Waals surface area contributed by atoms with Gasteiger partial charge in [-0.2, -0.15) is 0 Å². The highest BCUT2D eigenvalue weighted by molar-refractivity contribution is 6.66. The van der Waals surface area contributed by atoms with E-state index in [0.29, 0.717) is 0 Å². The molecule has 0 bridgehead atoms. The van der Waals surface area contributed by atoms with Gasteiger partial charge in [-0.15, -0.1) is 8.78 Å². The topological polar surface area (TPSA) is 35.5 Å². The molecule has 3 rings (SSSR count). The van der Waals surface area contributed by atoms with Gasteiger partial charge in [0.2, 0.25) is 5.24 Å². The molecule has 0 N–H and O–H groups in total. The van der Waals surface area contributed by atoms with Crippen LogP contribution in [0, 0.1) is 0 Å².